The van der Waals surface area contributed by atoms with Crippen molar-refractivity contribution in [3.05, 3.63) is 65.3 Å². The number of piperidine rings is 1. The van der Waals surface area contributed by atoms with Gasteiger partial charge in [-0.3, -0.25) is 0 Å². The van der Waals surface area contributed by atoms with Crippen LogP contribution in [0.3, 0.4) is 0 Å². The van der Waals surface area contributed by atoms with Crippen LogP contribution in [0.2, 0.25) is 0 Å². The van der Waals surface area contributed by atoms with E-state index < -0.39 is 17.4 Å². The normalized spacial score (nSPS) is 26.8. The quantitative estimate of drug-likeness (QED) is 0.492. The molecule has 3 aliphatic rings. The predicted octanol–water partition coefficient (Wildman–Crippen LogP) is 4.63. The molecule has 8 nitrogen and oxygen atoms in total. The zero-order chi connectivity index (χ0) is 25.2. The van der Waals surface area contributed by atoms with Crippen LogP contribution in [0, 0.1) is 19.7 Å². The molecule has 4 heterocycles. The molecule has 2 atom stereocenters. The van der Waals surface area contributed by atoms with Crippen molar-refractivity contribution in [2.24, 2.45) is 5.73 Å². The first-order valence-corrected chi connectivity index (χ1v) is 11.9. The number of anilines is 3. The fourth-order valence-corrected chi connectivity index (χ4v) is 5.46. The van der Waals surface area contributed by atoms with Crippen LogP contribution in [-0.2, 0) is 5.54 Å². The predicted molar refractivity (Wildman–Crippen MR) is 127 cm³/mol. The molecule has 2 bridgehead atoms. The van der Waals surface area contributed by atoms with E-state index >= 15 is 0 Å². The number of hydrogen-bond donors (Lipinski definition) is 2. The van der Waals surface area contributed by atoms with Crippen LogP contribution in [0.25, 0.3) is 0 Å². The zero-order valence-electron chi connectivity index (χ0n) is 19.9. The first-order valence-electron chi connectivity index (χ1n) is 11.9. The summed E-state index contributed by atoms with van der Waals surface area (Å²) in [4.78, 5) is 15.5. The lowest BCUT2D eigenvalue weighted by Crippen LogP contribution is -2.55. The Hall–Kier alpha value is -3.47. The number of rotatable bonds is 5. The van der Waals surface area contributed by atoms with Gasteiger partial charge in [0, 0.05) is 24.3 Å². The zero-order valence-corrected chi connectivity index (χ0v) is 19.9. The smallest absolute Gasteiger partial charge is 0.249 e. The largest absolute Gasteiger partial charge is 0.343 e. The minimum Gasteiger partial charge on any atom is -0.343 e. The second-order valence-electron chi connectivity index (χ2n) is 10.2. The van der Waals surface area contributed by atoms with Gasteiger partial charge in [-0.15, -0.1) is 0 Å². The summed E-state index contributed by atoms with van der Waals surface area (Å²) < 4.78 is 46.5. The number of nitrogens with one attached hydrogen (secondary N) is 1. The van der Waals surface area contributed by atoms with Gasteiger partial charge in [0.1, 0.15) is 29.3 Å². The van der Waals surface area contributed by atoms with Crippen molar-refractivity contribution < 1.29 is 17.7 Å². The highest BCUT2D eigenvalue weighted by molar-refractivity contribution is 5.67. The van der Waals surface area contributed by atoms with Crippen LogP contribution in [-0.4, -0.2) is 38.1 Å². The number of nitrogens with zero attached hydrogens (tertiary/aromatic N) is 5. The Balaban J connectivity index is 1.23. The molecule has 1 saturated heterocycles. The maximum Gasteiger partial charge on any atom is 0.249 e. The molecule has 1 aromatic carbocycles. The number of fused-ring (bicyclic) bond motifs is 2. The number of benzene rings is 1. The van der Waals surface area contributed by atoms with Gasteiger partial charge in [-0.2, -0.15) is 4.98 Å². The topological polar surface area (TPSA) is 106 Å². The van der Waals surface area contributed by atoms with E-state index in [1.807, 2.05) is 19.9 Å². The van der Waals surface area contributed by atoms with Crippen LogP contribution in [0.5, 0.6) is 0 Å². The van der Waals surface area contributed by atoms with Crippen molar-refractivity contribution in [3.8, 4) is 0 Å². The first-order chi connectivity index (χ1) is 17.1. The van der Waals surface area contributed by atoms with E-state index in [9.17, 15) is 13.2 Å². The van der Waals surface area contributed by atoms with E-state index in [-0.39, 0.29) is 36.6 Å². The highest BCUT2D eigenvalue weighted by atomic mass is 19.3. The van der Waals surface area contributed by atoms with Crippen molar-refractivity contribution in [1.82, 2.24) is 20.1 Å². The molecular weight excluding hydrogens is 471 g/mol. The third kappa shape index (κ3) is 3.82. The van der Waals surface area contributed by atoms with Crippen molar-refractivity contribution in [2.75, 3.05) is 10.2 Å². The number of aromatic nitrogens is 4. The summed E-state index contributed by atoms with van der Waals surface area (Å²) in [6.45, 7) is 3.73. The summed E-state index contributed by atoms with van der Waals surface area (Å²) in [5, 5.41) is 7.04. The summed E-state index contributed by atoms with van der Waals surface area (Å²) in [6.07, 6.45) is 6.07. The van der Waals surface area contributed by atoms with E-state index in [2.05, 4.69) is 42.5 Å². The third-order valence-electron chi connectivity index (χ3n) is 7.42. The summed E-state index contributed by atoms with van der Waals surface area (Å²) in [6, 6.07) is 4.81. The summed E-state index contributed by atoms with van der Waals surface area (Å²) in [7, 11) is 0. The first kappa shape index (κ1) is 23.0. The average Bonchev–Trinajstić information content (AvgIpc) is 3.40. The Morgan fingerprint density at radius 3 is 2.47 bits per heavy atom. The third-order valence-corrected chi connectivity index (χ3v) is 7.42. The van der Waals surface area contributed by atoms with Gasteiger partial charge in [-0.05, 0) is 44.4 Å². The van der Waals surface area contributed by atoms with E-state index in [1.165, 1.54) is 12.4 Å². The molecule has 36 heavy (non-hydrogen) atoms. The van der Waals surface area contributed by atoms with E-state index in [0.717, 1.165) is 16.9 Å². The average molecular weight is 498 g/mol. The number of aryl methyl sites for hydroxylation is 1. The Morgan fingerprint density at radius 1 is 1.08 bits per heavy atom. The SMILES string of the molecule is Cc1ccc(Nc2ncnc(N3C4C=CC3CC(N)(c3nc(C5CC(F)(F)C5)no3)C4)c2C)c(F)c1. The lowest BCUT2D eigenvalue weighted by molar-refractivity contribution is -0.0888. The lowest BCUT2D eigenvalue weighted by Gasteiger charge is -2.44. The maximum atomic E-state index is 14.4. The minimum absolute atomic E-state index is 0.0882. The van der Waals surface area contributed by atoms with Gasteiger partial charge >= 0.3 is 0 Å². The van der Waals surface area contributed by atoms with Crippen molar-refractivity contribution >= 4 is 17.3 Å². The molecule has 2 unspecified atom stereocenters. The van der Waals surface area contributed by atoms with Crippen LogP contribution < -0.4 is 16.0 Å². The molecule has 188 valence electrons. The number of hydrogen-bond acceptors (Lipinski definition) is 8. The van der Waals surface area contributed by atoms with Gasteiger partial charge in [-0.25, -0.2) is 23.1 Å². The summed E-state index contributed by atoms with van der Waals surface area (Å²) in [5.41, 5.74) is 7.83. The molecule has 6 rings (SSSR count). The fourth-order valence-electron chi connectivity index (χ4n) is 5.46. The monoisotopic (exact) mass is 497 g/mol. The molecule has 1 aliphatic carbocycles. The summed E-state index contributed by atoms with van der Waals surface area (Å²) >= 11 is 0. The van der Waals surface area contributed by atoms with Gasteiger partial charge in [-0.1, -0.05) is 23.4 Å². The molecule has 0 amide bonds. The van der Waals surface area contributed by atoms with Crippen molar-refractivity contribution in [2.45, 2.75) is 69.0 Å². The van der Waals surface area contributed by atoms with Gasteiger partial charge in [0.25, 0.3) is 0 Å². The van der Waals surface area contributed by atoms with Crippen LogP contribution in [0.1, 0.15) is 54.4 Å². The van der Waals surface area contributed by atoms with Gasteiger partial charge in [0.05, 0.1) is 17.8 Å². The van der Waals surface area contributed by atoms with E-state index in [4.69, 9.17) is 10.3 Å². The van der Waals surface area contributed by atoms with Gasteiger partial charge < -0.3 is 20.5 Å². The van der Waals surface area contributed by atoms with E-state index in [0.29, 0.717) is 30.2 Å². The summed E-state index contributed by atoms with van der Waals surface area (Å²) in [5.74, 6) is -1.59. The maximum absolute atomic E-state index is 14.4. The molecule has 2 fully saturated rings. The van der Waals surface area contributed by atoms with Crippen LogP contribution in [0.4, 0.5) is 30.5 Å². The molecule has 11 heteroatoms. The highest BCUT2D eigenvalue weighted by Gasteiger charge is 2.51. The number of halogens is 3. The lowest BCUT2D eigenvalue weighted by atomic mass is 9.80. The van der Waals surface area contributed by atoms with Gasteiger partial charge in [0.15, 0.2) is 5.82 Å². The molecular formula is C25H26F3N7O. The Labute approximate surface area is 205 Å². The molecule has 3 N–H and O–H groups in total. The molecule has 2 aliphatic heterocycles. The van der Waals surface area contributed by atoms with Crippen LogP contribution >= 0.6 is 0 Å². The second kappa shape index (κ2) is 8.02. The molecule has 2 aromatic heterocycles. The molecule has 3 aromatic rings. The van der Waals surface area contributed by atoms with Crippen LogP contribution in [0.15, 0.2) is 41.2 Å². The van der Waals surface area contributed by atoms with Crippen molar-refractivity contribution in [3.63, 3.8) is 0 Å². The minimum atomic E-state index is -2.66. The Bertz CT molecular complexity index is 1330. The van der Waals surface area contributed by atoms with Crippen molar-refractivity contribution in [1.29, 1.82) is 0 Å². The number of alkyl halides is 2. The number of nitrogens with two attached hydrogens (primary N) is 1. The molecule has 1 saturated carbocycles. The standard InChI is InChI=1S/C25H26F3N7O/c1-13-3-6-19(18(26)7-13)32-20-14(2)22(31-12-30-20)35-16-4-5-17(35)11-24(29,10-16)23-33-21(34-36-23)15-8-25(27,28)9-15/h3-7,12,15-17H,8-11,29H2,1-2H3,(H,30,31,32). The Morgan fingerprint density at radius 2 is 1.81 bits per heavy atom. The van der Waals surface area contributed by atoms with Gasteiger partial charge in [0.2, 0.25) is 11.8 Å². The highest BCUT2D eigenvalue weighted by Crippen LogP contribution is 2.48. The molecule has 0 spiro atoms. The Kier molecular flexibility index (Phi) is 5.12. The van der Waals surface area contributed by atoms with E-state index in [1.54, 1.807) is 6.07 Å². The molecule has 0 radical (unpaired) electrons. The second-order valence-corrected chi connectivity index (χ2v) is 10.2. The fraction of sp³-hybridized carbons (Fsp3) is 0.440.